The van der Waals surface area contributed by atoms with Gasteiger partial charge in [-0.3, -0.25) is 9.89 Å². The van der Waals surface area contributed by atoms with E-state index in [1.807, 2.05) is 24.3 Å². The zero-order valence-electron chi connectivity index (χ0n) is 13.2. The first-order valence-corrected chi connectivity index (χ1v) is 9.02. The van der Waals surface area contributed by atoms with Crippen molar-refractivity contribution in [3.05, 3.63) is 46.4 Å². The third-order valence-electron chi connectivity index (χ3n) is 2.93. The molecule has 130 valence electrons. The molecule has 0 spiro atoms. The number of aryl methyl sites for hydroxylation is 1. The van der Waals surface area contributed by atoms with Crippen molar-refractivity contribution in [2.24, 2.45) is 0 Å². The van der Waals surface area contributed by atoms with Crippen LogP contribution in [0.15, 0.2) is 44.5 Å². The van der Waals surface area contributed by atoms with Crippen LogP contribution in [0.4, 0.5) is 5.82 Å². The monoisotopic (exact) mass is 423 g/mol. The van der Waals surface area contributed by atoms with Crippen LogP contribution in [0.2, 0.25) is 0 Å². The number of nitrogens with zero attached hydrogens (tertiary/aromatic N) is 3. The van der Waals surface area contributed by atoms with Crippen LogP contribution in [0.1, 0.15) is 11.6 Å². The topological polar surface area (TPSA) is 106 Å². The number of carbonyl (C=O) groups is 1. The largest absolute Gasteiger partial charge is 0.486 e. The summed E-state index contributed by atoms with van der Waals surface area (Å²) in [7, 11) is 0. The number of H-pyrrole nitrogens is 1. The van der Waals surface area contributed by atoms with Crippen LogP contribution in [0, 0.1) is 6.92 Å². The van der Waals surface area contributed by atoms with Crippen LogP contribution < -0.4 is 10.1 Å². The number of aromatic amines is 1. The fraction of sp³-hybridized carbons (Fsp3) is 0.200. The summed E-state index contributed by atoms with van der Waals surface area (Å²) < 4.78 is 11.5. The molecule has 0 fully saturated rings. The zero-order chi connectivity index (χ0) is 17.6. The van der Waals surface area contributed by atoms with Crippen molar-refractivity contribution in [1.29, 1.82) is 0 Å². The van der Waals surface area contributed by atoms with E-state index in [9.17, 15) is 4.79 Å². The van der Waals surface area contributed by atoms with Gasteiger partial charge in [-0.1, -0.05) is 32.8 Å². The number of anilines is 1. The molecule has 0 saturated carbocycles. The maximum absolute atomic E-state index is 11.8. The van der Waals surface area contributed by atoms with Gasteiger partial charge in [-0.25, -0.2) is 4.98 Å². The highest BCUT2D eigenvalue weighted by atomic mass is 79.9. The number of amides is 1. The molecule has 3 aromatic rings. The number of nitrogens with one attached hydrogen (secondary N) is 2. The molecule has 25 heavy (non-hydrogen) atoms. The van der Waals surface area contributed by atoms with Crippen LogP contribution in [0.5, 0.6) is 5.75 Å². The Balaban J connectivity index is 1.44. The smallest absolute Gasteiger partial charge is 0.236 e. The third kappa shape index (κ3) is 5.33. The minimum atomic E-state index is -0.212. The van der Waals surface area contributed by atoms with Gasteiger partial charge in [0.25, 0.3) is 0 Å². The summed E-state index contributed by atoms with van der Waals surface area (Å²) in [5.41, 5.74) is 0. The van der Waals surface area contributed by atoms with E-state index in [1.54, 1.807) is 13.0 Å². The predicted molar refractivity (Wildman–Crippen MR) is 95.5 cm³/mol. The van der Waals surface area contributed by atoms with Gasteiger partial charge in [0.05, 0.1) is 5.75 Å². The lowest BCUT2D eigenvalue weighted by atomic mass is 10.3. The Hall–Kier alpha value is -2.33. The summed E-state index contributed by atoms with van der Waals surface area (Å²) in [5, 5.41) is 13.6. The van der Waals surface area contributed by atoms with E-state index in [-0.39, 0.29) is 18.3 Å². The van der Waals surface area contributed by atoms with E-state index in [1.165, 1.54) is 11.8 Å². The molecule has 0 unspecified atom stereocenters. The van der Waals surface area contributed by atoms with Crippen LogP contribution in [0.25, 0.3) is 0 Å². The van der Waals surface area contributed by atoms with Crippen molar-refractivity contribution < 1.29 is 14.1 Å². The van der Waals surface area contributed by atoms with Crippen molar-refractivity contribution in [1.82, 2.24) is 20.3 Å². The third-order valence-corrected chi connectivity index (χ3v) is 4.30. The van der Waals surface area contributed by atoms with Gasteiger partial charge in [0, 0.05) is 10.5 Å². The number of hydrogen-bond donors (Lipinski definition) is 2. The normalized spacial score (nSPS) is 10.6. The summed E-state index contributed by atoms with van der Waals surface area (Å²) in [6, 6.07) is 9.14. The van der Waals surface area contributed by atoms with Gasteiger partial charge in [-0.2, -0.15) is 0 Å². The maximum atomic E-state index is 11.8. The molecular formula is C15H14BrN5O3S. The van der Waals surface area contributed by atoms with Crippen molar-refractivity contribution in [2.75, 3.05) is 11.1 Å². The molecule has 8 nitrogen and oxygen atoms in total. The first-order valence-electron chi connectivity index (χ1n) is 7.24. The first kappa shape index (κ1) is 17.5. The fourth-order valence-corrected chi connectivity index (χ4v) is 2.71. The summed E-state index contributed by atoms with van der Waals surface area (Å²) in [6.45, 7) is 2.02. The molecule has 3 rings (SSSR count). The Morgan fingerprint density at radius 3 is 2.92 bits per heavy atom. The van der Waals surface area contributed by atoms with E-state index < -0.39 is 0 Å². The second-order valence-corrected chi connectivity index (χ2v) is 6.83. The Kier molecular flexibility index (Phi) is 5.71. The molecule has 0 saturated heterocycles. The van der Waals surface area contributed by atoms with E-state index >= 15 is 0 Å². The Labute approximate surface area is 155 Å². The quantitative estimate of drug-likeness (QED) is 0.561. The molecule has 2 aromatic heterocycles. The van der Waals surface area contributed by atoms with E-state index in [0.717, 1.165) is 10.2 Å². The molecule has 2 N–H and O–H groups in total. The zero-order valence-corrected chi connectivity index (χ0v) is 15.6. The van der Waals surface area contributed by atoms with Gasteiger partial charge in [-0.15, -0.1) is 5.10 Å². The molecule has 2 heterocycles. The lowest BCUT2D eigenvalue weighted by molar-refractivity contribution is -0.113. The van der Waals surface area contributed by atoms with Gasteiger partial charge in [0.1, 0.15) is 18.1 Å². The number of carbonyl (C=O) groups excluding carboxylic acids is 1. The van der Waals surface area contributed by atoms with Crippen molar-refractivity contribution in [3.63, 3.8) is 0 Å². The molecule has 0 bridgehead atoms. The lowest BCUT2D eigenvalue weighted by Crippen LogP contribution is -2.14. The molecular weight excluding hydrogens is 410 g/mol. The summed E-state index contributed by atoms with van der Waals surface area (Å²) >= 11 is 4.58. The molecule has 0 aliphatic carbocycles. The van der Waals surface area contributed by atoms with Crippen molar-refractivity contribution in [2.45, 2.75) is 18.7 Å². The van der Waals surface area contributed by atoms with Gasteiger partial charge in [-0.05, 0) is 31.2 Å². The highest BCUT2D eigenvalue weighted by Crippen LogP contribution is 2.18. The Morgan fingerprint density at radius 2 is 2.20 bits per heavy atom. The highest BCUT2D eigenvalue weighted by Gasteiger charge is 2.10. The van der Waals surface area contributed by atoms with Crippen molar-refractivity contribution >= 4 is 39.4 Å². The average Bonchev–Trinajstić information content (AvgIpc) is 3.21. The Morgan fingerprint density at radius 1 is 1.40 bits per heavy atom. The number of ether oxygens (including phenoxy) is 1. The number of aromatic nitrogens is 4. The molecule has 1 aromatic carbocycles. The predicted octanol–water partition coefficient (Wildman–Crippen LogP) is 3.17. The second-order valence-electron chi connectivity index (χ2n) is 4.97. The van der Waals surface area contributed by atoms with Gasteiger partial charge in [0.15, 0.2) is 11.6 Å². The summed E-state index contributed by atoms with van der Waals surface area (Å²) in [5.74, 6) is 2.29. The molecule has 10 heteroatoms. The molecule has 0 aliphatic rings. The minimum Gasteiger partial charge on any atom is -0.486 e. The van der Waals surface area contributed by atoms with Crippen LogP contribution >= 0.6 is 27.7 Å². The van der Waals surface area contributed by atoms with Crippen molar-refractivity contribution in [3.8, 4) is 5.75 Å². The van der Waals surface area contributed by atoms with Gasteiger partial charge in [0.2, 0.25) is 11.1 Å². The number of benzene rings is 1. The summed E-state index contributed by atoms with van der Waals surface area (Å²) in [4.78, 5) is 16.1. The number of hydrogen-bond acceptors (Lipinski definition) is 7. The molecule has 0 radical (unpaired) electrons. The van der Waals surface area contributed by atoms with E-state index in [4.69, 9.17) is 9.26 Å². The van der Waals surface area contributed by atoms with Crippen LogP contribution in [-0.4, -0.2) is 32.0 Å². The SMILES string of the molecule is Cc1cc(NC(=O)CSc2n[nH]c(COc3ccc(Br)cc3)n2)no1. The lowest BCUT2D eigenvalue weighted by Gasteiger charge is -2.03. The molecule has 0 atom stereocenters. The minimum absolute atomic E-state index is 0.163. The highest BCUT2D eigenvalue weighted by molar-refractivity contribution is 9.10. The number of rotatable bonds is 7. The average molecular weight is 424 g/mol. The molecule has 1 amide bonds. The van der Waals surface area contributed by atoms with Crippen LogP contribution in [-0.2, 0) is 11.4 Å². The van der Waals surface area contributed by atoms with Crippen LogP contribution in [0.3, 0.4) is 0 Å². The maximum Gasteiger partial charge on any atom is 0.236 e. The molecule has 0 aliphatic heterocycles. The van der Waals surface area contributed by atoms with Gasteiger partial charge < -0.3 is 14.6 Å². The van der Waals surface area contributed by atoms with E-state index in [2.05, 4.69) is 41.6 Å². The first-order chi connectivity index (χ1) is 12.1. The standard InChI is InChI=1S/C15H14BrN5O3S/c1-9-6-12(21-24-9)17-14(22)8-25-15-18-13(19-20-15)7-23-11-4-2-10(16)3-5-11/h2-6H,7-8H2,1H3,(H,17,21,22)(H,18,19,20). The summed E-state index contributed by atoms with van der Waals surface area (Å²) in [6.07, 6.45) is 0. The fourth-order valence-electron chi connectivity index (χ4n) is 1.82. The number of halogens is 1. The Bertz CT molecular complexity index is 849. The van der Waals surface area contributed by atoms with Gasteiger partial charge >= 0.3 is 0 Å². The number of thioether (sulfide) groups is 1. The van der Waals surface area contributed by atoms with E-state index in [0.29, 0.717) is 22.6 Å². The second kappa shape index (κ2) is 8.17.